The van der Waals surface area contributed by atoms with Gasteiger partial charge in [0.15, 0.2) is 0 Å². The quantitative estimate of drug-likeness (QED) is 0.806. The fourth-order valence-electron chi connectivity index (χ4n) is 0.735. The number of alkyl halides is 1. The molecule has 1 aromatic rings. The molecule has 0 saturated carbocycles. The molecule has 0 bridgehead atoms. The van der Waals surface area contributed by atoms with E-state index in [-0.39, 0.29) is 0 Å². The van der Waals surface area contributed by atoms with Crippen LogP contribution in [0.15, 0.2) is 18.3 Å². The predicted octanol–water partition coefficient (Wildman–Crippen LogP) is 1.69. The van der Waals surface area contributed by atoms with Crippen molar-refractivity contribution in [3.05, 3.63) is 23.9 Å². The number of pyridine rings is 1. The largest absolute Gasteiger partial charge is 0.413 e. The monoisotopic (exact) mass is 244 g/mol. The second kappa shape index (κ2) is 4.81. The molecular weight excluding hydrogens is 236 g/mol. The van der Waals surface area contributed by atoms with Gasteiger partial charge in [-0.3, -0.25) is 0 Å². The molecule has 1 rings (SSSR count). The van der Waals surface area contributed by atoms with Crippen LogP contribution in [0.4, 0.5) is 4.79 Å². The van der Waals surface area contributed by atoms with Crippen LogP contribution in [-0.4, -0.2) is 18.1 Å². The van der Waals surface area contributed by atoms with E-state index in [2.05, 4.69) is 26.2 Å². The summed E-state index contributed by atoms with van der Waals surface area (Å²) in [7, 11) is 1.50. The van der Waals surface area contributed by atoms with Gasteiger partial charge in [0.25, 0.3) is 0 Å². The molecule has 1 amide bonds. The van der Waals surface area contributed by atoms with Gasteiger partial charge in [-0.2, -0.15) is 0 Å². The lowest BCUT2D eigenvalue weighted by Gasteiger charge is -2.02. The van der Waals surface area contributed by atoms with E-state index >= 15 is 0 Å². The Balaban J connectivity index is 2.71. The first-order valence-corrected chi connectivity index (χ1v) is 4.79. The molecule has 0 aliphatic carbocycles. The molecule has 1 heterocycles. The zero-order chi connectivity index (χ0) is 9.68. The second-order valence-corrected chi connectivity index (χ2v) is 2.84. The van der Waals surface area contributed by atoms with Crippen LogP contribution < -0.4 is 10.1 Å². The Hall–Kier alpha value is -1.10. The van der Waals surface area contributed by atoms with Crippen LogP contribution in [0.2, 0.25) is 0 Å². The van der Waals surface area contributed by atoms with Crippen molar-refractivity contribution in [2.45, 2.75) is 5.33 Å². The molecule has 5 heteroatoms. The van der Waals surface area contributed by atoms with Crippen molar-refractivity contribution >= 4 is 22.0 Å². The van der Waals surface area contributed by atoms with E-state index in [4.69, 9.17) is 4.74 Å². The number of hydrogen-bond donors (Lipinski definition) is 1. The molecule has 0 aliphatic rings. The maximum Gasteiger partial charge on any atom is 0.413 e. The van der Waals surface area contributed by atoms with Crippen molar-refractivity contribution in [2.24, 2.45) is 0 Å². The van der Waals surface area contributed by atoms with E-state index in [0.717, 1.165) is 5.56 Å². The van der Waals surface area contributed by atoms with Crippen LogP contribution in [0.3, 0.4) is 0 Å². The number of nitrogens with zero attached hydrogens (tertiary/aromatic N) is 1. The lowest BCUT2D eigenvalue weighted by Crippen LogP contribution is -2.22. The third kappa shape index (κ3) is 3.02. The summed E-state index contributed by atoms with van der Waals surface area (Å²) in [5.74, 6) is 0.302. The summed E-state index contributed by atoms with van der Waals surface area (Å²) < 4.78 is 4.82. The van der Waals surface area contributed by atoms with Gasteiger partial charge >= 0.3 is 6.09 Å². The van der Waals surface area contributed by atoms with Crippen molar-refractivity contribution in [2.75, 3.05) is 7.05 Å². The number of carbonyl (C=O) groups is 1. The molecule has 1 aromatic heterocycles. The fraction of sp³-hybridized carbons (Fsp3) is 0.250. The Labute approximate surface area is 84.4 Å². The van der Waals surface area contributed by atoms with Crippen molar-refractivity contribution in [1.82, 2.24) is 10.3 Å². The van der Waals surface area contributed by atoms with Gasteiger partial charge in [-0.15, -0.1) is 0 Å². The van der Waals surface area contributed by atoms with Crippen molar-refractivity contribution < 1.29 is 9.53 Å². The normalized spacial score (nSPS) is 9.38. The predicted molar refractivity (Wildman–Crippen MR) is 52.0 cm³/mol. The molecule has 0 atom stereocenters. The maximum absolute atomic E-state index is 10.8. The highest BCUT2D eigenvalue weighted by Crippen LogP contribution is 2.11. The Morgan fingerprint density at radius 3 is 3.15 bits per heavy atom. The Morgan fingerprint density at radius 2 is 2.54 bits per heavy atom. The molecule has 0 aromatic carbocycles. The molecule has 4 nitrogen and oxygen atoms in total. The number of hydrogen-bond acceptors (Lipinski definition) is 3. The minimum atomic E-state index is -0.515. The van der Waals surface area contributed by atoms with Gasteiger partial charge in [-0.25, -0.2) is 9.78 Å². The third-order valence-electron chi connectivity index (χ3n) is 1.35. The standard InChI is InChI=1S/C8H9BrN2O2/c1-10-8(12)13-7-4-6(5-9)2-3-11-7/h2-4H,5H2,1H3,(H,10,12). The number of ether oxygens (including phenoxy) is 1. The van der Waals surface area contributed by atoms with Gasteiger partial charge in [0.05, 0.1) is 0 Å². The maximum atomic E-state index is 10.8. The van der Waals surface area contributed by atoms with Crippen molar-refractivity contribution in [3.63, 3.8) is 0 Å². The van der Waals surface area contributed by atoms with E-state index in [1.807, 2.05) is 6.07 Å². The zero-order valence-corrected chi connectivity index (χ0v) is 8.67. The first-order valence-electron chi connectivity index (χ1n) is 3.66. The Kier molecular flexibility index (Phi) is 3.70. The summed E-state index contributed by atoms with van der Waals surface area (Å²) in [6.07, 6.45) is 1.08. The smallest absolute Gasteiger partial charge is 0.391 e. The number of aromatic nitrogens is 1. The van der Waals surface area contributed by atoms with Gasteiger partial charge in [-0.1, -0.05) is 15.9 Å². The van der Waals surface area contributed by atoms with Crippen LogP contribution in [0, 0.1) is 0 Å². The first kappa shape index (κ1) is 9.98. The van der Waals surface area contributed by atoms with Crippen LogP contribution in [0.25, 0.3) is 0 Å². The van der Waals surface area contributed by atoms with Crippen LogP contribution >= 0.6 is 15.9 Å². The summed E-state index contributed by atoms with van der Waals surface area (Å²) in [6.45, 7) is 0. The highest BCUT2D eigenvalue weighted by molar-refractivity contribution is 9.08. The highest BCUT2D eigenvalue weighted by atomic mass is 79.9. The SMILES string of the molecule is CNC(=O)Oc1cc(CBr)ccn1. The van der Waals surface area contributed by atoms with Crippen LogP contribution in [0.5, 0.6) is 5.88 Å². The molecule has 0 unspecified atom stereocenters. The Morgan fingerprint density at radius 1 is 1.77 bits per heavy atom. The molecule has 0 saturated heterocycles. The van der Waals surface area contributed by atoms with Gasteiger partial charge in [0, 0.05) is 24.6 Å². The number of amides is 1. The van der Waals surface area contributed by atoms with E-state index in [1.165, 1.54) is 7.05 Å². The van der Waals surface area contributed by atoms with Gasteiger partial charge in [0.2, 0.25) is 5.88 Å². The number of nitrogens with one attached hydrogen (secondary N) is 1. The summed E-state index contributed by atoms with van der Waals surface area (Å²) in [5, 5.41) is 3.05. The summed E-state index contributed by atoms with van der Waals surface area (Å²) in [6, 6.07) is 3.54. The van der Waals surface area contributed by atoms with Crippen LogP contribution in [0.1, 0.15) is 5.56 Å². The minimum absolute atomic E-state index is 0.302. The number of halogens is 1. The Bertz CT molecular complexity index is 304. The van der Waals surface area contributed by atoms with Gasteiger partial charge in [-0.05, 0) is 11.6 Å². The molecule has 1 N–H and O–H groups in total. The summed E-state index contributed by atoms with van der Waals surface area (Å²) in [5.41, 5.74) is 1.01. The second-order valence-electron chi connectivity index (χ2n) is 2.28. The van der Waals surface area contributed by atoms with E-state index in [1.54, 1.807) is 12.3 Å². The summed E-state index contributed by atoms with van der Waals surface area (Å²) >= 11 is 3.29. The van der Waals surface area contributed by atoms with Crippen molar-refractivity contribution in [3.8, 4) is 5.88 Å². The molecular formula is C8H9BrN2O2. The average molecular weight is 245 g/mol. The molecule has 0 spiro atoms. The first-order chi connectivity index (χ1) is 6.26. The highest BCUT2D eigenvalue weighted by Gasteiger charge is 2.02. The van der Waals surface area contributed by atoms with Gasteiger partial charge in [0.1, 0.15) is 0 Å². The number of carbonyl (C=O) groups excluding carboxylic acids is 1. The topological polar surface area (TPSA) is 51.2 Å². The minimum Gasteiger partial charge on any atom is -0.391 e. The van der Waals surface area contributed by atoms with Gasteiger partial charge < -0.3 is 10.1 Å². The molecule has 0 aliphatic heterocycles. The average Bonchev–Trinajstić information content (AvgIpc) is 2.18. The lowest BCUT2D eigenvalue weighted by atomic mass is 10.3. The van der Waals surface area contributed by atoms with Crippen LogP contribution in [-0.2, 0) is 5.33 Å². The molecule has 0 fully saturated rings. The lowest BCUT2D eigenvalue weighted by molar-refractivity contribution is 0.201. The number of rotatable bonds is 2. The van der Waals surface area contributed by atoms with Crippen molar-refractivity contribution in [1.29, 1.82) is 0 Å². The molecule has 70 valence electrons. The fourth-order valence-corrected chi connectivity index (χ4v) is 1.08. The van der Waals surface area contributed by atoms with E-state index < -0.39 is 6.09 Å². The third-order valence-corrected chi connectivity index (χ3v) is 2.00. The zero-order valence-electron chi connectivity index (χ0n) is 7.08. The summed E-state index contributed by atoms with van der Waals surface area (Å²) in [4.78, 5) is 14.7. The molecule has 13 heavy (non-hydrogen) atoms. The molecule has 0 radical (unpaired) electrons. The van der Waals surface area contributed by atoms with E-state index in [0.29, 0.717) is 11.2 Å². The van der Waals surface area contributed by atoms with E-state index in [9.17, 15) is 4.79 Å².